The summed E-state index contributed by atoms with van der Waals surface area (Å²) >= 11 is 0. The van der Waals surface area contributed by atoms with Crippen molar-refractivity contribution < 1.29 is 14.7 Å². The molecule has 2 aromatic rings. The van der Waals surface area contributed by atoms with Crippen LogP contribution in [-0.4, -0.2) is 27.9 Å². The molecule has 2 aromatic carbocycles. The lowest BCUT2D eigenvalue weighted by Gasteiger charge is -2.35. The van der Waals surface area contributed by atoms with Crippen LogP contribution in [0.1, 0.15) is 18.1 Å². The molecule has 0 unspecified atom stereocenters. The summed E-state index contributed by atoms with van der Waals surface area (Å²) in [6, 6.07) is 19.9. The molecule has 4 nitrogen and oxygen atoms in total. The molecular weight excluding hydrogens is 350 g/mol. The Morgan fingerprint density at radius 3 is 2.18 bits per heavy atom. The van der Waals surface area contributed by atoms with Crippen molar-refractivity contribution in [1.29, 1.82) is 0 Å². The second kappa shape index (κ2) is 7.63. The summed E-state index contributed by atoms with van der Waals surface area (Å²) in [4.78, 5) is 27.3. The van der Waals surface area contributed by atoms with Gasteiger partial charge < -0.3 is 10.0 Å². The molecule has 1 aliphatic heterocycles. The first-order chi connectivity index (χ1) is 13.6. The number of hydrogen-bond acceptors (Lipinski definition) is 2. The topological polar surface area (TPSA) is 57.6 Å². The van der Waals surface area contributed by atoms with E-state index in [0.29, 0.717) is 13.0 Å². The summed E-state index contributed by atoms with van der Waals surface area (Å²) in [5, 5.41) is 9.94. The van der Waals surface area contributed by atoms with Crippen molar-refractivity contribution in [3.63, 3.8) is 0 Å². The zero-order valence-electron chi connectivity index (χ0n) is 15.9. The number of carboxylic acids is 1. The van der Waals surface area contributed by atoms with E-state index >= 15 is 0 Å². The van der Waals surface area contributed by atoms with Gasteiger partial charge in [0, 0.05) is 18.5 Å². The van der Waals surface area contributed by atoms with Gasteiger partial charge in [-0.25, -0.2) is 0 Å². The maximum Gasteiger partial charge on any atom is 0.307 e. The highest BCUT2D eigenvalue weighted by molar-refractivity contribution is 5.86. The summed E-state index contributed by atoms with van der Waals surface area (Å²) in [5.41, 5.74) is 2.20. The molecule has 1 amide bonds. The molecule has 0 saturated carbocycles. The van der Waals surface area contributed by atoms with Crippen LogP contribution in [0.5, 0.6) is 0 Å². The van der Waals surface area contributed by atoms with Crippen LogP contribution in [0.4, 0.5) is 0 Å². The van der Waals surface area contributed by atoms with E-state index in [9.17, 15) is 14.7 Å². The van der Waals surface area contributed by atoms with Gasteiger partial charge in [-0.1, -0.05) is 79.7 Å². The van der Waals surface area contributed by atoms with Gasteiger partial charge in [-0.3, -0.25) is 9.59 Å². The molecule has 28 heavy (non-hydrogen) atoms. The van der Waals surface area contributed by atoms with Crippen LogP contribution in [0, 0.1) is 23.7 Å². The van der Waals surface area contributed by atoms with Crippen LogP contribution >= 0.6 is 0 Å². The van der Waals surface area contributed by atoms with Crippen LogP contribution in [0.25, 0.3) is 0 Å². The van der Waals surface area contributed by atoms with Gasteiger partial charge in [0.05, 0.1) is 11.8 Å². The smallest absolute Gasteiger partial charge is 0.307 e. The van der Waals surface area contributed by atoms with E-state index in [1.54, 1.807) is 0 Å². The number of carbonyl (C=O) groups is 2. The fourth-order valence-electron chi connectivity index (χ4n) is 4.87. The molecule has 2 aliphatic rings. The highest BCUT2D eigenvalue weighted by atomic mass is 16.4. The van der Waals surface area contributed by atoms with Crippen LogP contribution in [0.3, 0.4) is 0 Å². The lowest BCUT2D eigenvalue weighted by Crippen LogP contribution is -2.42. The SMILES string of the molecule is C[C@H]1C=C[C@H]2C(=O)N(Cc3ccccc3)[C@@H](Cc3ccccc3)[C@@H]2[C@H]1C(=O)O. The molecule has 144 valence electrons. The molecule has 1 saturated heterocycles. The fraction of sp³-hybridized carbons (Fsp3) is 0.333. The Kier molecular flexibility index (Phi) is 5.03. The Hall–Kier alpha value is -2.88. The maximum atomic E-state index is 13.3. The van der Waals surface area contributed by atoms with Gasteiger partial charge in [-0.2, -0.15) is 0 Å². The average molecular weight is 375 g/mol. The molecule has 1 aliphatic carbocycles. The Labute approximate surface area is 165 Å². The molecule has 1 N–H and O–H groups in total. The molecule has 4 heteroatoms. The number of hydrogen-bond donors (Lipinski definition) is 1. The summed E-state index contributed by atoms with van der Waals surface area (Å²) < 4.78 is 0. The van der Waals surface area contributed by atoms with E-state index in [-0.39, 0.29) is 29.7 Å². The average Bonchev–Trinajstić information content (AvgIpc) is 2.95. The quantitative estimate of drug-likeness (QED) is 0.809. The van der Waals surface area contributed by atoms with E-state index in [0.717, 1.165) is 11.1 Å². The molecule has 0 spiro atoms. The van der Waals surface area contributed by atoms with Gasteiger partial charge >= 0.3 is 5.97 Å². The first kappa shape index (κ1) is 18.5. The minimum Gasteiger partial charge on any atom is -0.481 e. The number of allylic oxidation sites excluding steroid dienone is 1. The third-order valence-corrected chi connectivity index (χ3v) is 6.20. The van der Waals surface area contributed by atoms with Gasteiger partial charge in [0.1, 0.15) is 0 Å². The lowest BCUT2D eigenvalue weighted by molar-refractivity contribution is -0.146. The van der Waals surface area contributed by atoms with Gasteiger partial charge in [0.25, 0.3) is 0 Å². The van der Waals surface area contributed by atoms with Crippen molar-refractivity contribution in [3.05, 3.63) is 83.9 Å². The largest absolute Gasteiger partial charge is 0.481 e. The van der Waals surface area contributed by atoms with E-state index < -0.39 is 11.9 Å². The van der Waals surface area contributed by atoms with Crippen molar-refractivity contribution in [3.8, 4) is 0 Å². The number of nitrogens with zero attached hydrogens (tertiary/aromatic N) is 1. The van der Waals surface area contributed by atoms with Crippen LogP contribution in [0.15, 0.2) is 72.8 Å². The number of carbonyl (C=O) groups excluding carboxylic acids is 1. The molecule has 5 atom stereocenters. The summed E-state index contributed by atoms with van der Waals surface area (Å²) in [7, 11) is 0. The van der Waals surface area contributed by atoms with Crippen molar-refractivity contribution in [2.45, 2.75) is 25.9 Å². The van der Waals surface area contributed by atoms with Crippen LogP contribution < -0.4 is 0 Å². The van der Waals surface area contributed by atoms with E-state index in [2.05, 4.69) is 12.1 Å². The maximum absolute atomic E-state index is 13.3. The fourth-order valence-corrected chi connectivity index (χ4v) is 4.87. The first-order valence-corrected chi connectivity index (χ1v) is 9.85. The predicted molar refractivity (Wildman–Crippen MR) is 107 cm³/mol. The number of rotatable bonds is 5. The molecule has 1 heterocycles. The monoisotopic (exact) mass is 375 g/mol. The van der Waals surface area contributed by atoms with Crippen molar-refractivity contribution in [2.24, 2.45) is 23.7 Å². The Morgan fingerprint density at radius 2 is 1.57 bits per heavy atom. The molecule has 0 aromatic heterocycles. The number of aliphatic carboxylic acids is 1. The normalized spacial score (nSPS) is 29.0. The number of benzene rings is 2. The highest BCUT2D eigenvalue weighted by Gasteiger charge is 2.54. The lowest BCUT2D eigenvalue weighted by atomic mass is 9.69. The van der Waals surface area contributed by atoms with E-state index in [1.165, 1.54) is 0 Å². The van der Waals surface area contributed by atoms with E-state index in [4.69, 9.17) is 0 Å². The summed E-state index contributed by atoms with van der Waals surface area (Å²) in [6.45, 7) is 2.45. The van der Waals surface area contributed by atoms with Gasteiger partial charge in [-0.15, -0.1) is 0 Å². The van der Waals surface area contributed by atoms with Gasteiger partial charge in [0.2, 0.25) is 5.91 Å². The molecule has 0 radical (unpaired) electrons. The zero-order chi connectivity index (χ0) is 19.7. The Bertz CT molecular complexity index is 877. The first-order valence-electron chi connectivity index (χ1n) is 9.85. The van der Waals surface area contributed by atoms with E-state index in [1.807, 2.05) is 72.5 Å². The minimum absolute atomic E-state index is 0.0455. The third-order valence-electron chi connectivity index (χ3n) is 6.20. The predicted octanol–water partition coefficient (Wildman–Crippen LogP) is 3.78. The number of amides is 1. The van der Waals surface area contributed by atoms with Crippen molar-refractivity contribution >= 4 is 11.9 Å². The minimum atomic E-state index is -0.806. The summed E-state index contributed by atoms with van der Waals surface area (Å²) in [5.74, 6) is -1.96. The highest BCUT2D eigenvalue weighted by Crippen LogP contribution is 2.45. The summed E-state index contributed by atoms with van der Waals surface area (Å²) in [6.07, 6.45) is 4.52. The number of carboxylic acid groups (broad SMARTS) is 1. The second-order valence-electron chi connectivity index (χ2n) is 7.92. The van der Waals surface area contributed by atoms with Gasteiger partial charge in [0.15, 0.2) is 0 Å². The second-order valence-corrected chi connectivity index (χ2v) is 7.92. The van der Waals surface area contributed by atoms with Crippen LogP contribution in [-0.2, 0) is 22.6 Å². The molecule has 1 fully saturated rings. The standard InChI is InChI=1S/C24H25NO3/c1-16-12-13-19-22(21(16)24(27)28)20(14-17-8-4-2-5-9-17)25(23(19)26)15-18-10-6-3-7-11-18/h2-13,16,19-22H,14-15H2,1H3,(H,27,28)/t16-,19+,20-,21-,22+/m0/s1. The molecule has 4 rings (SSSR count). The number of fused-ring (bicyclic) bond motifs is 1. The van der Waals surface area contributed by atoms with Crippen molar-refractivity contribution in [2.75, 3.05) is 0 Å². The zero-order valence-corrected chi connectivity index (χ0v) is 15.9. The van der Waals surface area contributed by atoms with Crippen LogP contribution in [0.2, 0.25) is 0 Å². The Balaban J connectivity index is 1.73. The van der Waals surface area contributed by atoms with Crippen molar-refractivity contribution in [1.82, 2.24) is 4.90 Å². The molecular formula is C24H25NO3. The third kappa shape index (κ3) is 3.35. The number of likely N-dealkylation sites (tertiary alicyclic amines) is 1. The Morgan fingerprint density at radius 1 is 0.964 bits per heavy atom. The molecule has 0 bridgehead atoms. The van der Waals surface area contributed by atoms with Gasteiger partial charge in [-0.05, 0) is 23.5 Å².